The van der Waals surface area contributed by atoms with Crippen molar-refractivity contribution in [2.45, 2.75) is 20.8 Å². The summed E-state index contributed by atoms with van der Waals surface area (Å²) in [7, 11) is 1.79. The third-order valence-electron chi connectivity index (χ3n) is 5.11. The van der Waals surface area contributed by atoms with Crippen LogP contribution in [0.4, 0.5) is 5.69 Å². The highest BCUT2D eigenvalue weighted by molar-refractivity contribution is 6.07. The molecule has 4 rings (SSSR count). The summed E-state index contributed by atoms with van der Waals surface area (Å²) < 4.78 is 0. The van der Waals surface area contributed by atoms with E-state index in [1.165, 1.54) is 5.56 Å². The molecule has 0 saturated carbocycles. The second-order valence-electron chi connectivity index (χ2n) is 7.31. The van der Waals surface area contributed by atoms with Gasteiger partial charge in [0.1, 0.15) is 0 Å². The number of benzene rings is 2. The predicted molar refractivity (Wildman–Crippen MR) is 116 cm³/mol. The van der Waals surface area contributed by atoms with Gasteiger partial charge in [-0.2, -0.15) is 0 Å². The van der Waals surface area contributed by atoms with Gasteiger partial charge in [0, 0.05) is 47.8 Å². The minimum Gasteiger partial charge on any atom is -0.311 e. The number of carbonyl (C=O) groups is 1. The van der Waals surface area contributed by atoms with E-state index in [0.29, 0.717) is 11.4 Å². The average molecular weight is 382 g/mol. The number of nitrogens with zero attached hydrogens (tertiary/aromatic N) is 4. The largest absolute Gasteiger partial charge is 0.311 e. The fourth-order valence-corrected chi connectivity index (χ4v) is 3.47. The van der Waals surface area contributed by atoms with Crippen molar-refractivity contribution in [3.8, 4) is 11.4 Å². The third-order valence-corrected chi connectivity index (χ3v) is 5.11. The van der Waals surface area contributed by atoms with Crippen molar-refractivity contribution in [3.05, 3.63) is 83.3 Å². The van der Waals surface area contributed by atoms with Crippen LogP contribution in [-0.2, 0) is 0 Å². The molecular weight excluding hydrogens is 360 g/mol. The molecule has 2 heterocycles. The van der Waals surface area contributed by atoms with E-state index in [9.17, 15) is 4.79 Å². The van der Waals surface area contributed by atoms with E-state index in [1.807, 2.05) is 44.3 Å². The van der Waals surface area contributed by atoms with Crippen LogP contribution >= 0.6 is 0 Å². The normalized spacial score (nSPS) is 10.9. The zero-order chi connectivity index (χ0) is 20.5. The van der Waals surface area contributed by atoms with Gasteiger partial charge in [0.25, 0.3) is 5.91 Å². The molecule has 0 aliphatic rings. The van der Waals surface area contributed by atoms with Crippen molar-refractivity contribution in [3.63, 3.8) is 0 Å². The van der Waals surface area contributed by atoms with Crippen molar-refractivity contribution < 1.29 is 4.79 Å². The molecule has 0 unspecified atom stereocenters. The first-order valence-corrected chi connectivity index (χ1v) is 9.47. The van der Waals surface area contributed by atoms with Crippen molar-refractivity contribution in [2.75, 3.05) is 11.9 Å². The summed E-state index contributed by atoms with van der Waals surface area (Å²) in [6.45, 7) is 5.94. The highest BCUT2D eigenvalue weighted by atomic mass is 16.2. The maximum atomic E-state index is 12.9. The first-order chi connectivity index (χ1) is 13.9. The smallest absolute Gasteiger partial charge is 0.258 e. The Morgan fingerprint density at radius 2 is 1.76 bits per heavy atom. The fraction of sp³-hybridized carbons (Fsp3) is 0.167. The lowest BCUT2D eigenvalue weighted by Crippen LogP contribution is -2.27. The van der Waals surface area contributed by atoms with E-state index in [0.717, 1.165) is 33.3 Å². The summed E-state index contributed by atoms with van der Waals surface area (Å²) in [5.74, 6) is 0.619. The van der Waals surface area contributed by atoms with E-state index in [4.69, 9.17) is 4.98 Å². The van der Waals surface area contributed by atoms with Gasteiger partial charge < -0.3 is 4.90 Å². The van der Waals surface area contributed by atoms with Gasteiger partial charge in [-0.1, -0.05) is 11.6 Å². The lowest BCUT2D eigenvalue weighted by molar-refractivity contribution is 0.0992. The molecule has 0 atom stereocenters. The number of hydrogen-bond donors (Lipinski definition) is 0. The van der Waals surface area contributed by atoms with Crippen LogP contribution < -0.4 is 4.90 Å². The van der Waals surface area contributed by atoms with E-state index in [1.54, 1.807) is 30.4 Å². The lowest BCUT2D eigenvalue weighted by atomic mass is 10.1. The summed E-state index contributed by atoms with van der Waals surface area (Å²) in [4.78, 5) is 27.9. The molecule has 0 radical (unpaired) electrons. The highest BCUT2D eigenvalue weighted by Gasteiger charge is 2.17. The van der Waals surface area contributed by atoms with Gasteiger partial charge in [0.05, 0.1) is 5.52 Å². The van der Waals surface area contributed by atoms with Crippen LogP contribution in [0, 0.1) is 20.8 Å². The zero-order valence-corrected chi connectivity index (χ0v) is 17.0. The van der Waals surface area contributed by atoms with Gasteiger partial charge in [0.15, 0.2) is 5.82 Å². The number of hydrogen-bond acceptors (Lipinski definition) is 4. The van der Waals surface area contributed by atoms with Crippen molar-refractivity contribution in [2.24, 2.45) is 0 Å². The molecule has 0 aliphatic heterocycles. The Balaban J connectivity index is 1.67. The van der Waals surface area contributed by atoms with Crippen LogP contribution in [0.5, 0.6) is 0 Å². The van der Waals surface area contributed by atoms with E-state index < -0.39 is 0 Å². The number of aryl methyl sites for hydroxylation is 3. The van der Waals surface area contributed by atoms with Crippen LogP contribution in [0.2, 0.25) is 0 Å². The molecule has 0 saturated heterocycles. The topological polar surface area (TPSA) is 59.0 Å². The molecule has 5 heteroatoms. The summed E-state index contributed by atoms with van der Waals surface area (Å²) in [6.07, 6.45) is 5.20. The van der Waals surface area contributed by atoms with Crippen LogP contribution in [-0.4, -0.2) is 27.9 Å². The number of aromatic nitrogens is 3. The molecule has 0 fully saturated rings. The minimum absolute atomic E-state index is 0.0573. The van der Waals surface area contributed by atoms with Crippen LogP contribution in [0.15, 0.2) is 61.1 Å². The number of amides is 1. The summed E-state index contributed by atoms with van der Waals surface area (Å²) in [6, 6.07) is 13.8. The molecule has 5 nitrogen and oxygen atoms in total. The fourth-order valence-electron chi connectivity index (χ4n) is 3.47. The quantitative estimate of drug-likeness (QED) is 0.506. The number of fused-ring (bicyclic) bond motifs is 1. The Morgan fingerprint density at radius 1 is 0.931 bits per heavy atom. The van der Waals surface area contributed by atoms with E-state index in [2.05, 4.69) is 29.0 Å². The maximum Gasteiger partial charge on any atom is 0.258 e. The van der Waals surface area contributed by atoms with E-state index >= 15 is 0 Å². The number of rotatable bonds is 3. The SMILES string of the molecule is Cc1ccc2nc(-c3ccc(N(C)C(=O)c4ccncc4C)c(C)c3)ncc2c1. The van der Waals surface area contributed by atoms with Crippen molar-refractivity contribution >= 4 is 22.5 Å². The number of carbonyl (C=O) groups excluding carboxylic acids is 1. The molecule has 29 heavy (non-hydrogen) atoms. The highest BCUT2D eigenvalue weighted by Crippen LogP contribution is 2.27. The van der Waals surface area contributed by atoms with Gasteiger partial charge >= 0.3 is 0 Å². The zero-order valence-electron chi connectivity index (χ0n) is 17.0. The maximum absolute atomic E-state index is 12.9. The summed E-state index contributed by atoms with van der Waals surface area (Å²) >= 11 is 0. The van der Waals surface area contributed by atoms with Gasteiger partial charge in [-0.15, -0.1) is 0 Å². The lowest BCUT2D eigenvalue weighted by Gasteiger charge is -2.21. The van der Waals surface area contributed by atoms with Crippen LogP contribution in [0.3, 0.4) is 0 Å². The molecular formula is C24H22N4O. The minimum atomic E-state index is -0.0573. The monoisotopic (exact) mass is 382 g/mol. The number of pyridine rings is 1. The van der Waals surface area contributed by atoms with Gasteiger partial charge in [0.2, 0.25) is 0 Å². The Morgan fingerprint density at radius 3 is 2.52 bits per heavy atom. The van der Waals surface area contributed by atoms with Crippen LogP contribution in [0.25, 0.3) is 22.3 Å². The predicted octanol–water partition coefficient (Wildman–Crippen LogP) is 4.89. The second-order valence-corrected chi connectivity index (χ2v) is 7.31. The Bertz CT molecular complexity index is 1230. The standard InChI is InChI=1S/C24H22N4O/c1-15-5-7-21-19(11-15)14-26-23(27-21)18-6-8-22(16(2)12-18)28(4)24(29)20-9-10-25-13-17(20)3/h5-14H,1-4H3. The van der Waals surface area contributed by atoms with Crippen LogP contribution in [0.1, 0.15) is 27.0 Å². The first kappa shape index (κ1) is 18.7. The first-order valence-electron chi connectivity index (χ1n) is 9.47. The molecule has 1 amide bonds. The average Bonchev–Trinajstić information content (AvgIpc) is 2.72. The second kappa shape index (κ2) is 7.43. The molecule has 0 bridgehead atoms. The molecule has 0 spiro atoms. The van der Waals surface area contributed by atoms with Gasteiger partial charge in [-0.25, -0.2) is 9.97 Å². The van der Waals surface area contributed by atoms with Gasteiger partial charge in [-0.05, 0) is 68.3 Å². The molecule has 4 aromatic rings. The van der Waals surface area contributed by atoms with E-state index in [-0.39, 0.29) is 5.91 Å². The number of anilines is 1. The Kier molecular flexibility index (Phi) is 4.80. The molecule has 0 aliphatic carbocycles. The molecule has 144 valence electrons. The molecule has 2 aromatic heterocycles. The third kappa shape index (κ3) is 3.59. The van der Waals surface area contributed by atoms with Crippen molar-refractivity contribution in [1.82, 2.24) is 15.0 Å². The summed E-state index contributed by atoms with van der Waals surface area (Å²) in [5, 5.41) is 1.03. The van der Waals surface area contributed by atoms with Gasteiger partial charge in [-0.3, -0.25) is 9.78 Å². The summed E-state index contributed by atoms with van der Waals surface area (Å²) in [5.41, 5.74) is 6.38. The molecule has 0 N–H and O–H groups in total. The Hall–Kier alpha value is -3.60. The Labute approximate surface area is 170 Å². The molecule has 2 aromatic carbocycles. The van der Waals surface area contributed by atoms with Crippen molar-refractivity contribution in [1.29, 1.82) is 0 Å².